The van der Waals surface area contributed by atoms with E-state index < -0.39 is 0 Å². The van der Waals surface area contributed by atoms with E-state index in [1.165, 1.54) is 10.7 Å². The Morgan fingerprint density at radius 3 is 2.61 bits per heavy atom. The molecule has 2 aromatic rings. The summed E-state index contributed by atoms with van der Waals surface area (Å²) in [6.07, 6.45) is 4.91. The van der Waals surface area contributed by atoms with Crippen LogP contribution >= 0.6 is 11.3 Å². The number of hydrogen-bond acceptors (Lipinski definition) is 8. The van der Waals surface area contributed by atoms with Crippen molar-refractivity contribution in [2.24, 2.45) is 5.92 Å². The zero-order valence-corrected chi connectivity index (χ0v) is 17.4. The van der Waals surface area contributed by atoms with Crippen LogP contribution in [-0.2, 0) is 13.0 Å². The Bertz CT molecular complexity index is 761. The summed E-state index contributed by atoms with van der Waals surface area (Å²) in [6, 6.07) is 2.11. The summed E-state index contributed by atoms with van der Waals surface area (Å²) >= 11 is 1.77. The summed E-state index contributed by atoms with van der Waals surface area (Å²) < 4.78 is 0. The molecule has 2 saturated heterocycles. The van der Waals surface area contributed by atoms with E-state index >= 15 is 0 Å². The molecule has 2 aliphatic heterocycles. The minimum atomic E-state index is 0.259. The molecule has 4 rings (SSSR count). The predicted octanol–water partition coefficient (Wildman–Crippen LogP) is 2.03. The number of aliphatic hydroxyl groups excluding tert-OH is 1. The number of hydrogen-bond donors (Lipinski definition) is 1. The van der Waals surface area contributed by atoms with Crippen LogP contribution in [0.15, 0.2) is 17.8 Å². The quantitative estimate of drug-likeness (QED) is 0.793. The van der Waals surface area contributed by atoms with Crippen LogP contribution in [0.5, 0.6) is 0 Å². The van der Waals surface area contributed by atoms with Crippen LogP contribution in [0.25, 0.3) is 0 Å². The van der Waals surface area contributed by atoms with Crippen molar-refractivity contribution in [2.75, 3.05) is 55.7 Å². The lowest BCUT2D eigenvalue weighted by molar-refractivity contribution is 0.208. The van der Waals surface area contributed by atoms with Gasteiger partial charge in [0.25, 0.3) is 0 Å². The first kappa shape index (κ1) is 19.5. The topological polar surface area (TPSA) is 68.6 Å². The fourth-order valence-corrected chi connectivity index (χ4v) is 4.79. The average Bonchev–Trinajstić information content (AvgIpc) is 3.22. The zero-order chi connectivity index (χ0) is 19.3. The van der Waals surface area contributed by atoms with Gasteiger partial charge in [-0.2, -0.15) is 0 Å². The molecule has 0 radical (unpaired) electrons. The van der Waals surface area contributed by atoms with Crippen molar-refractivity contribution in [1.82, 2.24) is 19.9 Å². The largest absolute Gasteiger partial charge is 0.396 e. The van der Waals surface area contributed by atoms with Gasteiger partial charge in [0.1, 0.15) is 18.0 Å². The van der Waals surface area contributed by atoms with E-state index in [0.717, 1.165) is 76.7 Å². The SMILES string of the molecule is CCc1nc(CN2CCN(c3cc(N4CCCC(CO)C4)ncn3)CC2)cs1. The maximum Gasteiger partial charge on any atom is 0.134 e. The second-order valence-electron chi connectivity index (χ2n) is 7.72. The maximum absolute atomic E-state index is 9.48. The fraction of sp³-hybridized carbons (Fsp3) is 0.650. The normalized spacial score (nSPS) is 21.3. The number of rotatable bonds is 6. The number of thiazole rings is 1. The Morgan fingerprint density at radius 1 is 1.11 bits per heavy atom. The van der Waals surface area contributed by atoms with Crippen LogP contribution in [0.2, 0.25) is 0 Å². The predicted molar refractivity (Wildman–Crippen MR) is 113 cm³/mol. The lowest BCUT2D eigenvalue weighted by atomic mass is 9.99. The van der Waals surface area contributed by atoms with Crippen LogP contribution in [0, 0.1) is 5.92 Å². The number of aliphatic hydroxyl groups is 1. The lowest BCUT2D eigenvalue weighted by Gasteiger charge is -2.36. The van der Waals surface area contributed by atoms with E-state index in [-0.39, 0.29) is 6.61 Å². The Kier molecular flexibility index (Phi) is 6.39. The highest BCUT2D eigenvalue weighted by molar-refractivity contribution is 7.09. The Labute approximate surface area is 171 Å². The van der Waals surface area contributed by atoms with Crippen molar-refractivity contribution in [2.45, 2.75) is 32.7 Å². The van der Waals surface area contributed by atoms with Crippen LogP contribution in [0.4, 0.5) is 11.6 Å². The van der Waals surface area contributed by atoms with Gasteiger partial charge in [0, 0.05) is 63.9 Å². The summed E-state index contributed by atoms with van der Waals surface area (Å²) in [7, 11) is 0. The number of nitrogens with zero attached hydrogens (tertiary/aromatic N) is 6. The first-order chi connectivity index (χ1) is 13.7. The highest BCUT2D eigenvalue weighted by Crippen LogP contribution is 2.24. The molecule has 0 amide bonds. The summed E-state index contributed by atoms with van der Waals surface area (Å²) in [5, 5.41) is 12.9. The zero-order valence-electron chi connectivity index (χ0n) is 16.6. The van der Waals surface area contributed by atoms with E-state index in [0.29, 0.717) is 5.92 Å². The van der Waals surface area contributed by atoms with Gasteiger partial charge in [-0.05, 0) is 25.2 Å². The molecule has 28 heavy (non-hydrogen) atoms. The number of aromatic nitrogens is 3. The summed E-state index contributed by atoms with van der Waals surface area (Å²) in [5.41, 5.74) is 1.20. The fourth-order valence-electron chi connectivity index (χ4n) is 4.05. The molecule has 152 valence electrons. The van der Waals surface area contributed by atoms with Crippen molar-refractivity contribution >= 4 is 23.0 Å². The molecule has 4 heterocycles. The maximum atomic E-state index is 9.48. The molecule has 1 unspecified atom stereocenters. The number of piperazine rings is 1. The van der Waals surface area contributed by atoms with Crippen molar-refractivity contribution in [3.63, 3.8) is 0 Å². The molecule has 2 aliphatic rings. The van der Waals surface area contributed by atoms with Crippen LogP contribution < -0.4 is 9.80 Å². The van der Waals surface area contributed by atoms with Gasteiger partial charge in [-0.1, -0.05) is 6.92 Å². The molecule has 8 heteroatoms. The van der Waals surface area contributed by atoms with E-state index in [2.05, 4.69) is 43.0 Å². The van der Waals surface area contributed by atoms with Gasteiger partial charge in [-0.15, -0.1) is 11.3 Å². The first-order valence-electron chi connectivity index (χ1n) is 10.3. The van der Waals surface area contributed by atoms with Gasteiger partial charge in [0.2, 0.25) is 0 Å². The number of anilines is 2. The van der Waals surface area contributed by atoms with E-state index in [1.807, 2.05) is 0 Å². The van der Waals surface area contributed by atoms with Crippen LogP contribution in [0.3, 0.4) is 0 Å². The molecule has 1 N–H and O–H groups in total. The second-order valence-corrected chi connectivity index (χ2v) is 8.66. The van der Waals surface area contributed by atoms with Crippen molar-refractivity contribution in [3.8, 4) is 0 Å². The Balaban J connectivity index is 1.34. The van der Waals surface area contributed by atoms with E-state index in [9.17, 15) is 5.11 Å². The molecule has 0 saturated carbocycles. The smallest absolute Gasteiger partial charge is 0.134 e. The third kappa shape index (κ3) is 4.61. The van der Waals surface area contributed by atoms with Crippen LogP contribution in [0.1, 0.15) is 30.5 Å². The van der Waals surface area contributed by atoms with Crippen molar-refractivity contribution in [1.29, 1.82) is 0 Å². The minimum absolute atomic E-state index is 0.259. The minimum Gasteiger partial charge on any atom is -0.396 e. The highest BCUT2D eigenvalue weighted by Gasteiger charge is 2.23. The summed E-state index contributed by atoms with van der Waals surface area (Å²) in [6.45, 7) is 9.24. The lowest BCUT2D eigenvalue weighted by Crippen LogP contribution is -2.46. The van der Waals surface area contributed by atoms with Crippen molar-refractivity contribution in [3.05, 3.63) is 28.5 Å². The summed E-state index contributed by atoms with van der Waals surface area (Å²) in [4.78, 5) is 20.8. The number of piperidine rings is 1. The Hall–Kier alpha value is -1.77. The highest BCUT2D eigenvalue weighted by atomic mass is 32.1. The molecule has 0 spiro atoms. The van der Waals surface area contributed by atoms with E-state index in [1.54, 1.807) is 17.7 Å². The van der Waals surface area contributed by atoms with Gasteiger partial charge >= 0.3 is 0 Å². The molecule has 0 aliphatic carbocycles. The first-order valence-corrected chi connectivity index (χ1v) is 11.2. The molecule has 2 fully saturated rings. The van der Waals surface area contributed by atoms with Gasteiger partial charge in [0.05, 0.1) is 10.7 Å². The Morgan fingerprint density at radius 2 is 1.89 bits per heavy atom. The van der Waals surface area contributed by atoms with Gasteiger partial charge in [-0.25, -0.2) is 15.0 Å². The van der Waals surface area contributed by atoms with Crippen LogP contribution in [-0.4, -0.2) is 70.8 Å². The molecule has 1 atom stereocenters. The third-order valence-electron chi connectivity index (χ3n) is 5.72. The van der Waals surface area contributed by atoms with Crippen molar-refractivity contribution < 1.29 is 5.11 Å². The average molecular weight is 403 g/mol. The molecule has 0 aromatic carbocycles. The van der Waals surface area contributed by atoms with Gasteiger partial charge < -0.3 is 14.9 Å². The number of aryl methyl sites for hydroxylation is 1. The molecular weight excluding hydrogens is 372 g/mol. The standard InChI is InChI=1S/C20H30N6OS/c1-2-20-23-17(14-28-20)12-24-6-8-25(9-7-24)18-10-19(22-15-21-18)26-5-3-4-16(11-26)13-27/h10,14-16,27H,2-9,11-13H2,1H3. The summed E-state index contributed by atoms with van der Waals surface area (Å²) in [5.74, 6) is 2.35. The van der Waals surface area contributed by atoms with Gasteiger partial charge in [-0.3, -0.25) is 4.90 Å². The van der Waals surface area contributed by atoms with Gasteiger partial charge in [0.15, 0.2) is 0 Å². The second kappa shape index (κ2) is 9.15. The monoisotopic (exact) mass is 402 g/mol. The molecule has 7 nitrogen and oxygen atoms in total. The third-order valence-corrected chi connectivity index (χ3v) is 6.77. The molecule has 0 bridgehead atoms. The molecular formula is C20H30N6OS. The molecule has 2 aromatic heterocycles. The van der Waals surface area contributed by atoms with E-state index in [4.69, 9.17) is 4.98 Å².